The number of rotatable bonds is 9. The molecule has 7 nitrogen and oxygen atoms in total. The molecule has 2 rings (SSSR count). The number of phenols is 1. The molecule has 144 valence electrons. The molecule has 0 fully saturated rings. The van der Waals surface area contributed by atoms with Crippen LogP contribution in [0.4, 0.5) is 4.79 Å². The Labute approximate surface area is 157 Å². The van der Waals surface area contributed by atoms with Crippen LogP contribution in [0.1, 0.15) is 11.1 Å². The molecular weight excluding hydrogens is 348 g/mol. The fourth-order valence-corrected chi connectivity index (χ4v) is 2.65. The third-order valence-electron chi connectivity index (χ3n) is 4.14. The fraction of sp³-hybridized carbons (Fsp3) is 0.300. The van der Waals surface area contributed by atoms with Gasteiger partial charge in [0, 0.05) is 19.5 Å². The van der Waals surface area contributed by atoms with Crippen LogP contribution in [0.2, 0.25) is 0 Å². The number of amides is 2. The predicted octanol–water partition coefficient (Wildman–Crippen LogP) is 1.63. The summed E-state index contributed by atoms with van der Waals surface area (Å²) in [5.74, 6) is -1.06. The van der Waals surface area contributed by atoms with Crippen molar-refractivity contribution in [2.24, 2.45) is 0 Å². The number of aliphatic hydroxyl groups is 1. The first-order valence-corrected chi connectivity index (χ1v) is 8.70. The second-order valence-electron chi connectivity index (χ2n) is 6.16. The van der Waals surface area contributed by atoms with Crippen molar-refractivity contribution in [3.8, 4) is 5.75 Å². The number of carboxylic acids is 1. The van der Waals surface area contributed by atoms with Crippen molar-refractivity contribution in [2.75, 3.05) is 19.7 Å². The number of carbonyl (C=O) groups is 2. The number of hydrogen-bond acceptors (Lipinski definition) is 4. The summed E-state index contributed by atoms with van der Waals surface area (Å²) in [6, 6.07) is 14.1. The molecule has 0 aliphatic rings. The Morgan fingerprint density at radius 1 is 0.963 bits per heavy atom. The maximum absolute atomic E-state index is 12.5. The lowest BCUT2D eigenvalue weighted by molar-refractivity contribution is -0.139. The number of phenolic OH excluding ortho intramolecular Hbond substituents is 1. The summed E-state index contributed by atoms with van der Waals surface area (Å²) in [5, 5.41) is 30.5. The zero-order valence-electron chi connectivity index (χ0n) is 14.9. The molecule has 0 spiro atoms. The third-order valence-corrected chi connectivity index (χ3v) is 4.14. The number of aliphatic hydroxyl groups excluding tert-OH is 1. The lowest BCUT2D eigenvalue weighted by atomic mass is 10.1. The van der Waals surface area contributed by atoms with Gasteiger partial charge in [-0.2, -0.15) is 0 Å². The summed E-state index contributed by atoms with van der Waals surface area (Å²) in [5.41, 5.74) is 1.73. The second kappa shape index (κ2) is 10.2. The van der Waals surface area contributed by atoms with Crippen molar-refractivity contribution in [1.29, 1.82) is 0 Å². The Hall–Kier alpha value is -3.06. The average molecular weight is 372 g/mol. The van der Waals surface area contributed by atoms with Crippen LogP contribution < -0.4 is 5.32 Å². The van der Waals surface area contributed by atoms with Crippen molar-refractivity contribution in [3.63, 3.8) is 0 Å². The van der Waals surface area contributed by atoms with E-state index in [1.165, 1.54) is 17.0 Å². The molecule has 27 heavy (non-hydrogen) atoms. The monoisotopic (exact) mass is 372 g/mol. The highest BCUT2D eigenvalue weighted by molar-refractivity contribution is 5.82. The molecule has 2 aromatic rings. The Morgan fingerprint density at radius 2 is 1.63 bits per heavy atom. The Bertz CT molecular complexity index is 734. The number of aliphatic carboxylic acids is 1. The summed E-state index contributed by atoms with van der Waals surface area (Å²) in [7, 11) is 0. The molecule has 4 N–H and O–H groups in total. The van der Waals surface area contributed by atoms with Gasteiger partial charge in [-0.3, -0.25) is 0 Å². The first-order chi connectivity index (χ1) is 13.0. The molecule has 7 heteroatoms. The fourth-order valence-electron chi connectivity index (χ4n) is 2.65. The minimum atomic E-state index is -1.15. The van der Waals surface area contributed by atoms with Gasteiger partial charge in [0.1, 0.15) is 11.8 Å². The van der Waals surface area contributed by atoms with E-state index in [-0.39, 0.29) is 25.3 Å². The maximum Gasteiger partial charge on any atom is 0.326 e. The number of benzene rings is 2. The number of carbonyl (C=O) groups excluding carboxylic acids is 1. The molecule has 1 atom stereocenters. The molecular formula is C20H24N2O5. The van der Waals surface area contributed by atoms with Gasteiger partial charge in [-0.15, -0.1) is 0 Å². The van der Waals surface area contributed by atoms with E-state index in [1.807, 2.05) is 30.3 Å². The molecule has 0 bridgehead atoms. The van der Waals surface area contributed by atoms with E-state index in [4.69, 9.17) is 0 Å². The quantitative estimate of drug-likeness (QED) is 0.535. The number of aromatic hydroxyl groups is 1. The largest absolute Gasteiger partial charge is 0.508 e. The highest BCUT2D eigenvalue weighted by atomic mass is 16.4. The first kappa shape index (κ1) is 20.3. The third kappa shape index (κ3) is 6.63. The van der Waals surface area contributed by atoms with E-state index >= 15 is 0 Å². The smallest absolute Gasteiger partial charge is 0.326 e. The van der Waals surface area contributed by atoms with Crippen LogP contribution >= 0.6 is 0 Å². The standard InChI is InChI=1S/C20H24N2O5/c23-13-12-22(11-10-15-4-2-1-3-5-15)20(27)21-18(19(25)26)14-16-6-8-17(24)9-7-16/h1-9,18,23-24H,10-14H2,(H,21,27)(H,25,26)/t18-/m0/s1. The van der Waals surface area contributed by atoms with Crippen molar-refractivity contribution in [2.45, 2.75) is 18.9 Å². The van der Waals surface area contributed by atoms with E-state index < -0.39 is 18.0 Å². The Balaban J connectivity index is 1.99. The molecule has 0 saturated carbocycles. The van der Waals surface area contributed by atoms with Gasteiger partial charge in [0.15, 0.2) is 0 Å². The van der Waals surface area contributed by atoms with Gasteiger partial charge in [-0.25, -0.2) is 9.59 Å². The van der Waals surface area contributed by atoms with Gasteiger partial charge >= 0.3 is 12.0 Å². The summed E-state index contributed by atoms with van der Waals surface area (Å²) in [6.45, 7) is 0.268. The van der Waals surface area contributed by atoms with Crippen LogP contribution in [0.15, 0.2) is 54.6 Å². The van der Waals surface area contributed by atoms with Gasteiger partial charge in [-0.05, 0) is 29.7 Å². The Morgan fingerprint density at radius 3 is 2.22 bits per heavy atom. The molecule has 2 aromatic carbocycles. The number of nitrogens with zero attached hydrogens (tertiary/aromatic N) is 1. The zero-order chi connectivity index (χ0) is 19.6. The number of hydrogen-bond donors (Lipinski definition) is 4. The zero-order valence-corrected chi connectivity index (χ0v) is 14.9. The van der Waals surface area contributed by atoms with Crippen LogP contribution in [0.5, 0.6) is 5.75 Å². The second-order valence-corrected chi connectivity index (χ2v) is 6.16. The molecule has 0 aliphatic heterocycles. The molecule has 0 saturated heterocycles. The van der Waals surface area contributed by atoms with E-state index in [0.717, 1.165) is 5.56 Å². The van der Waals surface area contributed by atoms with E-state index in [0.29, 0.717) is 18.5 Å². The van der Waals surface area contributed by atoms with Crippen LogP contribution in [-0.4, -0.2) is 58.0 Å². The van der Waals surface area contributed by atoms with E-state index in [2.05, 4.69) is 5.32 Å². The summed E-state index contributed by atoms with van der Waals surface area (Å²) in [4.78, 5) is 25.5. The van der Waals surface area contributed by atoms with Crippen molar-refractivity contribution < 1.29 is 24.9 Å². The minimum absolute atomic E-state index is 0.0877. The maximum atomic E-state index is 12.5. The van der Waals surface area contributed by atoms with Crippen LogP contribution in [-0.2, 0) is 17.6 Å². The molecule has 0 radical (unpaired) electrons. The minimum Gasteiger partial charge on any atom is -0.508 e. The summed E-state index contributed by atoms with van der Waals surface area (Å²) < 4.78 is 0. The first-order valence-electron chi connectivity index (χ1n) is 8.70. The van der Waals surface area contributed by atoms with Crippen molar-refractivity contribution >= 4 is 12.0 Å². The Kier molecular flexibility index (Phi) is 7.63. The molecule has 0 unspecified atom stereocenters. The van der Waals surface area contributed by atoms with Gasteiger partial charge in [0.05, 0.1) is 6.61 Å². The van der Waals surface area contributed by atoms with Gasteiger partial charge in [0.2, 0.25) is 0 Å². The highest BCUT2D eigenvalue weighted by Gasteiger charge is 2.23. The molecule has 0 aliphatic carbocycles. The van der Waals surface area contributed by atoms with E-state index in [9.17, 15) is 24.9 Å². The molecule has 2 amide bonds. The van der Waals surface area contributed by atoms with E-state index in [1.54, 1.807) is 12.1 Å². The lowest BCUT2D eigenvalue weighted by Gasteiger charge is -2.24. The van der Waals surface area contributed by atoms with Crippen molar-refractivity contribution in [3.05, 3.63) is 65.7 Å². The summed E-state index contributed by atoms with van der Waals surface area (Å²) >= 11 is 0. The number of urea groups is 1. The highest BCUT2D eigenvalue weighted by Crippen LogP contribution is 2.12. The summed E-state index contributed by atoms with van der Waals surface area (Å²) in [6.07, 6.45) is 0.691. The predicted molar refractivity (Wildman–Crippen MR) is 101 cm³/mol. The van der Waals surface area contributed by atoms with Crippen LogP contribution in [0, 0.1) is 0 Å². The number of nitrogens with one attached hydrogen (secondary N) is 1. The van der Waals surface area contributed by atoms with Gasteiger partial charge in [0.25, 0.3) is 0 Å². The van der Waals surface area contributed by atoms with Gasteiger partial charge < -0.3 is 25.5 Å². The average Bonchev–Trinajstić information content (AvgIpc) is 2.67. The molecule has 0 aromatic heterocycles. The normalized spacial score (nSPS) is 11.6. The van der Waals surface area contributed by atoms with Gasteiger partial charge in [-0.1, -0.05) is 42.5 Å². The number of carboxylic acid groups (broad SMARTS) is 1. The molecule has 0 heterocycles. The SMILES string of the molecule is O=C(O)[C@H](Cc1ccc(O)cc1)NC(=O)N(CCO)CCc1ccccc1. The van der Waals surface area contributed by atoms with Crippen molar-refractivity contribution in [1.82, 2.24) is 10.2 Å². The van der Waals surface area contributed by atoms with Crippen LogP contribution in [0.25, 0.3) is 0 Å². The van der Waals surface area contributed by atoms with Crippen LogP contribution in [0.3, 0.4) is 0 Å². The topological polar surface area (TPSA) is 110 Å². The lowest BCUT2D eigenvalue weighted by Crippen LogP contribution is -2.50.